The zero-order valence-corrected chi connectivity index (χ0v) is 30.5. The molecule has 50 heavy (non-hydrogen) atoms. The van der Waals surface area contributed by atoms with Crippen LogP contribution in [0.5, 0.6) is 0 Å². The summed E-state index contributed by atoms with van der Waals surface area (Å²) in [6, 6.07) is 34.3. The van der Waals surface area contributed by atoms with Crippen LogP contribution >= 0.6 is 11.3 Å². The number of nitrogens with zero attached hydrogens (tertiary/aromatic N) is 2. The van der Waals surface area contributed by atoms with Crippen LogP contribution in [0.1, 0.15) is 59.0 Å². The molecule has 0 saturated carbocycles. The molecule has 0 aliphatic carbocycles. The fourth-order valence-electron chi connectivity index (χ4n) is 9.19. The largest absolute Gasteiger partial charge is 0.454 e. The van der Waals surface area contributed by atoms with E-state index in [-0.39, 0.29) is 5.41 Å². The van der Waals surface area contributed by atoms with Crippen LogP contribution in [-0.2, 0) is 12.1 Å². The quantitative estimate of drug-likeness (QED) is 0.168. The van der Waals surface area contributed by atoms with Crippen LogP contribution in [0.2, 0.25) is 0 Å². The van der Waals surface area contributed by atoms with Gasteiger partial charge in [0.05, 0.1) is 10.3 Å². The van der Waals surface area contributed by atoms with Crippen molar-refractivity contribution in [3.63, 3.8) is 0 Å². The van der Waals surface area contributed by atoms with Gasteiger partial charge in [0.1, 0.15) is 22.3 Å². The average molecular weight is 669 g/mol. The van der Waals surface area contributed by atoms with Gasteiger partial charge in [-0.1, -0.05) is 57.2 Å². The maximum Gasteiger partial charge on any atom is 0.417 e. The van der Waals surface area contributed by atoms with Gasteiger partial charge in [-0.15, -0.1) is 20.5 Å². The Labute approximate surface area is 297 Å². The summed E-state index contributed by atoms with van der Waals surface area (Å²) in [6.07, 6.45) is 5.80. The first-order valence-corrected chi connectivity index (χ1v) is 18.5. The molecule has 2 aliphatic heterocycles. The number of furan rings is 1. The van der Waals surface area contributed by atoms with E-state index in [4.69, 9.17) is 4.42 Å². The highest BCUT2D eigenvalue weighted by Crippen LogP contribution is 2.52. The summed E-state index contributed by atoms with van der Waals surface area (Å²) in [7, 11) is 0. The predicted molar refractivity (Wildman–Crippen MR) is 206 cm³/mol. The summed E-state index contributed by atoms with van der Waals surface area (Å²) in [4.78, 5) is 1.30. The number of benzene rings is 4. The van der Waals surface area contributed by atoms with Crippen LogP contribution in [0.3, 0.4) is 0 Å². The van der Waals surface area contributed by atoms with Gasteiger partial charge in [0.15, 0.2) is 18.0 Å². The number of rotatable bonds is 2. The van der Waals surface area contributed by atoms with E-state index >= 15 is 0 Å². The minimum Gasteiger partial charge on any atom is -0.454 e. The predicted octanol–water partition coefficient (Wildman–Crippen LogP) is 11.1. The number of hydrogen-bond acceptors (Lipinski definition) is 2. The van der Waals surface area contributed by atoms with E-state index in [1.54, 1.807) is 0 Å². The van der Waals surface area contributed by atoms with E-state index in [9.17, 15) is 0 Å². The highest BCUT2D eigenvalue weighted by molar-refractivity contribution is 7.20. The summed E-state index contributed by atoms with van der Waals surface area (Å²) in [5.41, 5.74) is 16.7. The van der Waals surface area contributed by atoms with Crippen LogP contribution in [0.15, 0.2) is 108 Å². The molecule has 0 radical (unpaired) electrons. The molecule has 244 valence electrons. The molecule has 4 aromatic carbocycles. The molecule has 3 nitrogen and oxygen atoms in total. The second-order valence-corrected chi connectivity index (χ2v) is 17.1. The molecular formula is C46H40N2OS+2. The zero-order chi connectivity index (χ0) is 34.3. The number of aryl methyl sites for hydroxylation is 4. The molecule has 4 heteroatoms. The molecule has 0 fully saturated rings. The fraction of sp³-hybridized carbons (Fsp3) is 0.217. The van der Waals surface area contributed by atoms with E-state index in [2.05, 4.69) is 161 Å². The molecule has 2 aliphatic rings. The molecule has 1 atom stereocenters. The Hall–Kier alpha value is -5.06. The van der Waals surface area contributed by atoms with E-state index in [0.29, 0.717) is 0 Å². The van der Waals surface area contributed by atoms with E-state index in [1.807, 2.05) is 11.3 Å². The van der Waals surface area contributed by atoms with E-state index < -0.39 is 5.66 Å². The second-order valence-electron chi connectivity index (χ2n) is 15.8. The van der Waals surface area contributed by atoms with Crippen LogP contribution in [0, 0.1) is 33.1 Å². The normalized spacial score (nSPS) is 16.1. The Balaban J connectivity index is 1.42. The Morgan fingerprint density at radius 1 is 0.660 bits per heavy atom. The Kier molecular flexibility index (Phi) is 5.97. The molecular weight excluding hydrogens is 629 g/mol. The molecule has 10 rings (SSSR count). The lowest BCUT2D eigenvalue weighted by Gasteiger charge is -2.23. The summed E-state index contributed by atoms with van der Waals surface area (Å²) in [6.45, 7) is 16.0. The Morgan fingerprint density at radius 3 is 2.20 bits per heavy atom. The van der Waals surface area contributed by atoms with Gasteiger partial charge in [-0.3, -0.25) is 0 Å². The van der Waals surface area contributed by atoms with Gasteiger partial charge in [0.25, 0.3) is 0 Å². The number of pyridine rings is 2. The SMILES string of the molecule is Cc1ccc2[n+](c1)C1(c3ccccc3-2)c2ccc3c(oc4c3ccc3cc(C)sc34)c2-c2cc(-c3c(C)cccc3C)c(CC(C)(C)C)c[n+]21. The lowest BCUT2D eigenvalue weighted by atomic mass is 9.83. The molecule has 0 N–H and O–H groups in total. The minimum absolute atomic E-state index is 0.0875. The van der Waals surface area contributed by atoms with Crippen molar-refractivity contribution in [1.29, 1.82) is 0 Å². The van der Waals surface area contributed by atoms with Crippen molar-refractivity contribution in [2.75, 3.05) is 0 Å². The first kappa shape index (κ1) is 29.8. The number of aromatic nitrogens is 2. The first-order chi connectivity index (χ1) is 24.0. The van der Waals surface area contributed by atoms with Gasteiger partial charge < -0.3 is 4.42 Å². The maximum atomic E-state index is 7.17. The van der Waals surface area contributed by atoms with Crippen LogP contribution in [-0.4, -0.2) is 0 Å². The Bertz CT molecular complexity index is 2750. The maximum absolute atomic E-state index is 7.17. The molecule has 6 heterocycles. The van der Waals surface area contributed by atoms with Gasteiger partial charge in [0.2, 0.25) is 11.4 Å². The third-order valence-corrected chi connectivity index (χ3v) is 12.1. The third-order valence-electron chi connectivity index (χ3n) is 11.1. The van der Waals surface area contributed by atoms with E-state index in [1.165, 1.54) is 92.8 Å². The standard InChI is InChI=1S/C46H40N2OS/c1-26-15-20-38-34-13-8-9-14-36(34)46(47(38)24-26)37-19-18-32-33-17-16-30-21-29(4)50-44(30)43(33)49-42(32)41(37)39-22-35(40-27(2)11-10-12-28(40)3)31(25-48(39)46)23-45(5,6)7/h8-22,24-25H,23H2,1-7H3/q+2. The average Bonchev–Trinajstić information content (AvgIpc) is 3.79. The highest BCUT2D eigenvalue weighted by Gasteiger charge is 2.67. The number of hydrogen-bond donors (Lipinski definition) is 0. The van der Waals surface area contributed by atoms with Gasteiger partial charge in [-0.25, -0.2) is 0 Å². The van der Waals surface area contributed by atoms with Crippen LogP contribution in [0.4, 0.5) is 0 Å². The monoisotopic (exact) mass is 668 g/mol. The molecule has 1 spiro atoms. The minimum atomic E-state index is -0.615. The van der Waals surface area contributed by atoms with Crippen molar-refractivity contribution in [2.24, 2.45) is 5.41 Å². The summed E-state index contributed by atoms with van der Waals surface area (Å²) < 4.78 is 13.5. The topological polar surface area (TPSA) is 20.9 Å². The smallest absolute Gasteiger partial charge is 0.417 e. The Morgan fingerprint density at radius 2 is 1.40 bits per heavy atom. The first-order valence-electron chi connectivity index (χ1n) is 17.7. The van der Waals surface area contributed by atoms with Crippen molar-refractivity contribution >= 4 is 43.4 Å². The lowest BCUT2D eigenvalue weighted by Crippen LogP contribution is -2.71. The lowest BCUT2D eigenvalue weighted by molar-refractivity contribution is -0.955. The van der Waals surface area contributed by atoms with Crippen LogP contribution in [0.25, 0.3) is 65.7 Å². The van der Waals surface area contributed by atoms with Crippen molar-refractivity contribution in [3.8, 4) is 33.6 Å². The molecule has 4 aromatic heterocycles. The molecule has 1 unspecified atom stereocenters. The molecule has 0 bridgehead atoms. The third kappa shape index (κ3) is 3.86. The molecule has 0 amide bonds. The number of thiophene rings is 1. The van der Waals surface area contributed by atoms with E-state index in [0.717, 1.165) is 17.6 Å². The van der Waals surface area contributed by atoms with Crippen molar-refractivity contribution in [3.05, 3.63) is 142 Å². The molecule has 8 aromatic rings. The van der Waals surface area contributed by atoms with Crippen LogP contribution < -0.4 is 9.13 Å². The molecule has 0 saturated heterocycles. The zero-order valence-electron chi connectivity index (χ0n) is 29.7. The van der Waals surface area contributed by atoms with Crippen molar-refractivity contribution < 1.29 is 13.6 Å². The van der Waals surface area contributed by atoms with Gasteiger partial charge in [-0.05, 0) is 110 Å². The highest BCUT2D eigenvalue weighted by atomic mass is 32.1. The van der Waals surface area contributed by atoms with Gasteiger partial charge >= 0.3 is 5.66 Å². The van der Waals surface area contributed by atoms with Gasteiger partial charge in [0, 0.05) is 38.9 Å². The summed E-state index contributed by atoms with van der Waals surface area (Å²) >= 11 is 1.82. The fourth-order valence-corrected chi connectivity index (χ4v) is 10.2. The van der Waals surface area contributed by atoms with Crippen molar-refractivity contribution in [2.45, 2.75) is 60.5 Å². The summed E-state index contributed by atoms with van der Waals surface area (Å²) in [5.74, 6) is 0. The second kappa shape index (κ2) is 10.0. The van der Waals surface area contributed by atoms with Gasteiger partial charge in [-0.2, -0.15) is 0 Å². The van der Waals surface area contributed by atoms with Crippen molar-refractivity contribution in [1.82, 2.24) is 0 Å². The summed E-state index contributed by atoms with van der Waals surface area (Å²) in [5, 5.41) is 3.60. The number of fused-ring (bicyclic) bond motifs is 16.